The van der Waals surface area contributed by atoms with Crippen LogP contribution in [-0.4, -0.2) is 13.1 Å². The normalized spacial score (nSPS) is 15.3. The van der Waals surface area contributed by atoms with Gasteiger partial charge in [-0.05, 0) is 53.9 Å². The van der Waals surface area contributed by atoms with Gasteiger partial charge in [-0.3, -0.25) is 0 Å². The zero-order valence-electron chi connectivity index (χ0n) is 18.3. The van der Waals surface area contributed by atoms with Crippen molar-refractivity contribution in [3.05, 3.63) is 96.1 Å². The first-order valence-corrected chi connectivity index (χ1v) is 12.4. The van der Waals surface area contributed by atoms with Crippen molar-refractivity contribution in [1.29, 1.82) is 0 Å². The Kier molecular flexibility index (Phi) is 4.39. The zero-order chi connectivity index (χ0) is 21.9. The molecular weight excluding hydrogens is 470 g/mol. The number of aromatic nitrogens is 2. The smallest absolute Gasteiger partial charge is 0.0491 e. The van der Waals surface area contributed by atoms with E-state index in [1.165, 1.54) is 54.7 Å². The Morgan fingerprint density at radius 2 is 0.970 bits per heavy atom. The maximum Gasteiger partial charge on any atom is 0.0491 e. The Bertz CT molecular complexity index is 1550. The van der Waals surface area contributed by atoms with Gasteiger partial charge in [-0.1, -0.05) is 48.5 Å². The molecule has 0 radical (unpaired) electrons. The van der Waals surface area contributed by atoms with Crippen LogP contribution in [0.25, 0.3) is 43.6 Å². The summed E-state index contributed by atoms with van der Waals surface area (Å²) in [6.07, 6.45) is 1.08. The lowest BCUT2D eigenvalue weighted by Gasteiger charge is -2.16. The van der Waals surface area contributed by atoms with E-state index >= 15 is 0 Å². The predicted molar refractivity (Wildman–Crippen MR) is 142 cm³/mol. The summed E-state index contributed by atoms with van der Waals surface area (Å²) in [5, 5.41) is 5.41. The van der Waals surface area contributed by atoms with Gasteiger partial charge < -0.3 is 9.13 Å². The molecule has 4 aliphatic heterocycles. The van der Waals surface area contributed by atoms with E-state index in [-0.39, 0.29) is 0 Å². The quantitative estimate of drug-likeness (QED) is 0.198. The second-order valence-corrected chi connectivity index (χ2v) is 10.2. The van der Waals surface area contributed by atoms with Crippen LogP contribution in [0.1, 0.15) is 17.5 Å². The number of rotatable bonds is 0. The predicted octanol–water partition coefficient (Wildman–Crippen LogP) is 7.62. The van der Waals surface area contributed by atoms with Crippen molar-refractivity contribution in [3.8, 4) is 0 Å². The lowest BCUT2D eigenvalue weighted by molar-refractivity contribution is 0.481. The summed E-state index contributed by atoms with van der Waals surface area (Å²) < 4.78 is 7.26. The van der Waals surface area contributed by atoms with E-state index in [1.54, 1.807) is 0 Å². The molecule has 0 spiro atoms. The molecule has 0 amide bonds. The first-order chi connectivity index (χ1) is 16.3. The number of benzene rings is 4. The van der Waals surface area contributed by atoms with Gasteiger partial charge in [0.2, 0.25) is 0 Å². The maximum atomic E-state index is 3.84. The average molecular weight is 494 g/mol. The minimum atomic E-state index is 0.856. The zero-order valence-corrected chi connectivity index (χ0v) is 19.9. The van der Waals surface area contributed by atoms with Crippen LogP contribution in [0.5, 0.6) is 0 Å². The van der Waals surface area contributed by atoms with E-state index in [9.17, 15) is 0 Å². The fourth-order valence-electron chi connectivity index (χ4n) is 5.72. The van der Waals surface area contributed by atoms with E-state index in [0.717, 1.165) is 32.6 Å². The second kappa shape index (κ2) is 7.47. The van der Waals surface area contributed by atoms with Gasteiger partial charge in [-0.25, -0.2) is 3.93 Å². The molecule has 2 aromatic heterocycles. The summed E-state index contributed by atoms with van der Waals surface area (Å²) in [4.78, 5) is 0. The summed E-state index contributed by atoms with van der Waals surface area (Å²) in [7, 11) is 0. The standard InChI is InChI=1S/C29H24BrN3/c30-31-18-20-10-12-28-24(16-20)22-6-1-3-8-26(22)32(28)14-5-15-33-27-9-4-2-7-23(27)25-17-21(19-31)11-13-29(25)33/h1-4,6-13,16-17H,5,14-15,18-19H2. The molecule has 3 nitrogen and oxygen atoms in total. The first kappa shape index (κ1) is 19.4. The number of fused-ring (bicyclic) bond motifs is 2. The van der Waals surface area contributed by atoms with Crippen LogP contribution < -0.4 is 0 Å². The molecule has 0 N–H and O–H groups in total. The van der Waals surface area contributed by atoms with Crippen LogP contribution >= 0.6 is 16.1 Å². The van der Waals surface area contributed by atoms with Crippen molar-refractivity contribution >= 4 is 59.8 Å². The Balaban J connectivity index is 1.45. The molecule has 0 saturated carbocycles. The van der Waals surface area contributed by atoms with E-state index < -0.39 is 0 Å². The van der Waals surface area contributed by atoms with Crippen LogP contribution in [0, 0.1) is 0 Å². The maximum absolute atomic E-state index is 3.84. The number of para-hydroxylation sites is 2. The Hall–Kier alpha value is -3.08. The molecule has 162 valence electrons. The van der Waals surface area contributed by atoms with E-state index in [4.69, 9.17) is 0 Å². The highest BCUT2D eigenvalue weighted by molar-refractivity contribution is 9.07. The van der Waals surface area contributed by atoms with Crippen LogP contribution in [0.15, 0.2) is 84.9 Å². The summed E-state index contributed by atoms with van der Waals surface area (Å²) in [5.41, 5.74) is 7.98. The van der Waals surface area contributed by atoms with E-state index in [0.29, 0.717) is 0 Å². The molecule has 0 aliphatic carbocycles. The molecule has 0 unspecified atom stereocenters. The Morgan fingerprint density at radius 1 is 0.515 bits per heavy atom. The molecule has 0 saturated heterocycles. The lowest BCUT2D eigenvalue weighted by atomic mass is 10.1. The van der Waals surface area contributed by atoms with Crippen molar-refractivity contribution in [2.45, 2.75) is 32.6 Å². The van der Waals surface area contributed by atoms with Crippen molar-refractivity contribution in [1.82, 2.24) is 13.1 Å². The lowest BCUT2D eigenvalue weighted by Crippen LogP contribution is -2.11. The second-order valence-electron chi connectivity index (χ2n) is 9.17. The molecule has 0 atom stereocenters. The van der Waals surface area contributed by atoms with Crippen molar-refractivity contribution < 1.29 is 0 Å². The average Bonchev–Trinajstić information content (AvgIpc) is 3.31. The van der Waals surface area contributed by atoms with Gasteiger partial charge in [-0.2, -0.15) is 0 Å². The number of hydrogen-bond acceptors (Lipinski definition) is 1. The molecule has 0 fully saturated rings. The molecule has 33 heavy (non-hydrogen) atoms. The molecule has 8 bridgehead atoms. The summed E-state index contributed by atoms with van der Waals surface area (Å²) in [6.45, 7) is 3.71. The highest BCUT2D eigenvalue weighted by Gasteiger charge is 2.15. The Morgan fingerprint density at radius 3 is 1.48 bits per heavy atom. The van der Waals surface area contributed by atoms with E-state index in [1.807, 2.05) is 0 Å². The fraction of sp³-hybridized carbons (Fsp3) is 0.172. The van der Waals surface area contributed by atoms with Crippen molar-refractivity contribution in [2.24, 2.45) is 0 Å². The molecule has 6 aromatic rings. The molecule has 10 rings (SSSR count). The summed E-state index contributed by atoms with van der Waals surface area (Å²) >= 11 is 3.84. The van der Waals surface area contributed by atoms with Crippen LogP contribution in [0.3, 0.4) is 0 Å². The number of aryl methyl sites for hydroxylation is 2. The minimum Gasteiger partial charge on any atom is -0.340 e. The topological polar surface area (TPSA) is 13.1 Å². The first-order valence-electron chi connectivity index (χ1n) is 11.7. The van der Waals surface area contributed by atoms with Crippen molar-refractivity contribution in [3.63, 3.8) is 0 Å². The third-order valence-electron chi connectivity index (χ3n) is 7.15. The number of halogens is 1. The van der Waals surface area contributed by atoms with E-state index in [2.05, 4.69) is 114 Å². The largest absolute Gasteiger partial charge is 0.340 e. The summed E-state index contributed by atoms with van der Waals surface area (Å²) in [5.74, 6) is 0. The van der Waals surface area contributed by atoms with Gasteiger partial charge in [-0.15, -0.1) is 0 Å². The van der Waals surface area contributed by atoms with Crippen molar-refractivity contribution in [2.75, 3.05) is 0 Å². The monoisotopic (exact) mass is 493 g/mol. The summed E-state index contributed by atoms with van der Waals surface area (Å²) in [6, 6.07) is 31.6. The molecule has 4 aromatic carbocycles. The van der Waals surface area contributed by atoms with Gasteiger partial charge in [0.25, 0.3) is 0 Å². The van der Waals surface area contributed by atoms with Gasteiger partial charge in [0.05, 0.1) is 0 Å². The number of hydrogen-bond donors (Lipinski definition) is 0. The third kappa shape index (κ3) is 3.05. The molecular formula is C29H24BrN3. The number of nitrogens with zero attached hydrogens (tertiary/aromatic N) is 3. The molecule has 6 heterocycles. The fourth-order valence-corrected chi connectivity index (χ4v) is 6.30. The van der Waals surface area contributed by atoms with Crippen LogP contribution in [-0.2, 0) is 26.2 Å². The molecule has 4 aliphatic rings. The SMILES string of the molecule is BrN1Cc2ccc3c(c2)c2ccccc2n3CCCn2c3ccccc3c3cc(ccc32)C1. The highest BCUT2D eigenvalue weighted by Crippen LogP contribution is 2.33. The third-order valence-corrected chi connectivity index (χ3v) is 7.65. The minimum absolute atomic E-state index is 0.856. The Labute approximate surface area is 201 Å². The highest BCUT2D eigenvalue weighted by atomic mass is 79.9. The van der Waals surface area contributed by atoms with Gasteiger partial charge in [0.15, 0.2) is 0 Å². The molecule has 4 heteroatoms. The van der Waals surface area contributed by atoms with Crippen LogP contribution in [0.2, 0.25) is 0 Å². The van der Waals surface area contributed by atoms with Gasteiger partial charge in [0.1, 0.15) is 0 Å². The van der Waals surface area contributed by atoms with Gasteiger partial charge in [0, 0.05) is 85.9 Å². The van der Waals surface area contributed by atoms with Crippen LogP contribution in [0.4, 0.5) is 0 Å². The van der Waals surface area contributed by atoms with Gasteiger partial charge >= 0.3 is 0 Å².